The predicted octanol–water partition coefficient (Wildman–Crippen LogP) is 5.08. The summed E-state index contributed by atoms with van der Waals surface area (Å²) >= 11 is 0. The van der Waals surface area contributed by atoms with Gasteiger partial charge in [0.2, 0.25) is 0 Å². The van der Waals surface area contributed by atoms with E-state index in [1.165, 1.54) is 12.1 Å². The topological polar surface area (TPSA) is 57.7 Å². The van der Waals surface area contributed by atoms with Gasteiger partial charge in [-0.05, 0) is 73.9 Å². The number of aliphatic hydroxyl groups excluding tert-OH is 1. The van der Waals surface area contributed by atoms with E-state index in [0.29, 0.717) is 5.92 Å². The number of halogens is 1. The number of fused-ring (bicyclic) bond motifs is 1. The van der Waals surface area contributed by atoms with Gasteiger partial charge in [0.05, 0.1) is 24.0 Å². The molecule has 3 aliphatic rings. The number of nitrogens with one attached hydrogen (secondary N) is 1. The molecule has 3 fully saturated rings. The van der Waals surface area contributed by atoms with Crippen molar-refractivity contribution < 1.29 is 14.2 Å². The molecule has 176 valence electrons. The fourth-order valence-electron chi connectivity index (χ4n) is 7.09. The fourth-order valence-corrected chi connectivity index (χ4v) is 7.09. The molecule has 5 rings (SSSR count). The average Bonchev–Trinajstić information content (AvgIpc) is 3.57. The molecule has 2 aromatic rings. The molecule has 2 aliphatic carbocycles. The first-order chi connectivity index (χ1) is 15.8. The number of benzene rings is 1. The van der Waals surface area contributed by atoms with Crippen LogP contribution in [0.1, 0.15) is 45.2 Å². The molecule has 4 nitrogen and oxygen atoms in total. The SMILES string of the molecule is CNC[C@@]1(C)[C@H]2CC[C@@]3(CO3)[C@@H](/C=C/c3ccc(-c4cccc(F)c4)cn3)[C@]2(C)CC[C@H]1O. The van der Waals surface area contributed by atoms with Gasteiger partial charge in [0, 0.05) is 29.6 Å². The van der Waals surface area contributed by atoms with Gasteiger partial charge in [0.1, 0.15) is 5.82 Å². The van der Waals surface area contributed by atoms with Crippen molar-refractivity contribution in [3.63, 3.8) is 0 Å². The standard InChI is InChI=1S/C28H35FN2O2/c1-26-13-12-25(32)27(2,17-30-3)23(26)11-14-28(18-33-28)24(26)10-9-22-8-7-20(16-31-22)19-5-4-6-21(29)15-19/h4-10,15-16,23-25,30,32H,11-14,17-18H2,1-3H3/b10-9+/t23-,24-,25+,26+,27-,28+/m0/s1. The molecule has 1 spiro atoms. The maximum atomic E-state index is 13.6. The number of epoxide rings is 1. The lowest BCUT2D eigenvalue weighted by Gasteiger charge is -2.60. The molecule has 5 heteroatoms. The molecule has 1 saturated heterocycles. The molecule has 1 aromatic heterocycles. The van der Waals surface area contributed by atoms with Crippen molar-refractivity contribution in [3.8, 4) is 11.1 Å². The van der Waals surface area contributed by atoms with Crippen molar-refractivity contribution in [2.75, 3.05) is 20.2 Å². The highest BCUT2D eigenvalue weighted by molar-refractivity contribution is 5.63. The van der Waals surface area contributed by atoms with Crippen molar-refractivity contribution in [2.24, 2.45) is 22.7 Å². The number of nitrogens with zero attached hydrogens (tertiary/aromatic N) is 1. The smallest absolute Gasteiger partial charge is 0.123 e. The number of pyridine rings is 1. The largest absolute Gasteiger partial charge is 0.392 e. The number of hydrogen-bond donors (Lipinski definition) is 2. The van der Waals surface area contributed by atoms with Crippen molar-refractivity contribution in [3.05, 3.63) is 60.2 Å². The molecule has 0 amide bonds. The minimum atomic E-state index is -0.279. The molecule has 1 aromatic carbocycles. The predicted molar refractivity (Wildman–Crippen MR) is 129 cm³/mol. The van der Waals surface area contributed by atoms with E-state index in [0.717, 1.165) is 55.7 Å². The van der Waals surface area contributed by atoms with Crippen molar-refractivity contribution in [1.29, 1.82) is 0 Å². The van der Waals surface area contributed by atoms with Crippen LogP contribution in [0.5, 0.6) is 0 Å². The Kier molecular flexibility index (Phi) is 5.71. The van der Waals surface area contributed by atoms with Gasteiger partial charge < -0.3 is 15.2 Å². The zero-order valence-electron chi connectivity index (χ0n) is 19.9. The van der Waals surface area contributed by atoms with E-state index >= 15 is 0 Å². The fraction of sp³-hybridized carbons (Fsp3) is 0.536. The highest BCUT2D eigenvalue weighted by Crippen LogP contribution is 2.65. The van der Waals surface area contributed by atoms with Crippen LogP contribution in [-0.2, 0) is 4.74 Å². The minimum absolute atomic E-state index is 0.0634. The summed E-state index contributed by atoms with van der Waals surface area (Å²) in [5, 5.41) is 14.3. The molecule has 1 aliphatic heterocycles. The van der Waals surface area contributed by atoms with Crippen LogP contribution in [-0.4, -0.2) is 42.0 Å². The van der Waals surface area contributed by atoms with Crippen LogP contribution in [0.2, 0.25) is 0 Å². The summed E-state index contributed by atoms with van der Waals surface area (Å²) in [6.07, 6.45) is 9.94. The van der Waals surface area contributed by atoms with Gasteiger partial charge in [-0.2, -0.15) is 0 Å². The molecule has 2 N–H and O–H groups in total. The van der Waals surface area contributed by atoms with Gasteiger partial charge in [0.25, 0.3) is 0 Å². The molecule has 0 bridgehead atoms. The molecular weight excluding hydrogens is 415 g/mol. The molecule has 0 radical (unpaired) electrons. The Morgan fingerprint density at radius 3 is 2.67 bits per heavy atom. The summed E-state index contributed by atoms with van der Waals surface area (Å²) in [7, 11) is 1.98. The van der Waals surface area contributed by atoms with Gasteiger partial charge in [0.15, 0.2) is 0 Å². The van der Waals surface area contributed by atoms with E-state index in [1.54, 1.807) is 6.07 Å². The Bertz CT molecular complexity index is 1030. The van der Waals surface area contributed by atoms with Crippen LogP contribution in [0.3, 0.4) is 0 Å². The van der Waals surface area contributed by atoms with Gasteiger partial charge in [-0.15, -0.1) is 0 Å². The lowest BCUT2D eigenvalue weighted by atomic mass is 9.45. The second-order valence-electron chi connectivity index (χ2n) is 10.9. The Hall–Kier alpha value is -2.08. The van der Waals surface area contributed by atoms with Gasteiger partial charge in [-0.3, -0.25) is 4.98 Å². The van der Waals surface area contributed by atoms with Crippen molar-refractivity contribution in [2.45, 2.75) is 51.2 Å². The Labute approximate surface area is 196 Å². The van der Waals surface area contributed by atoms with Crippen molar-refractivity contribution >= 4 is 6.08 Å². The first-order valence-electron chi connectivity index (χ1n) is 12.2. The van der Waals surface area contributed by atoms with Gasteiger partial charge in [-0.25, -0.2) is 4.39 Å². The van der Waals surface area contributed by atoms with Crippen LogP contribution >= 0.6 is 0 Å². The van der Waals surface area contributed by atoms with E-state index in [-0.39, 0.29) is 34.3 Å². The third-order valence-electron chi connectivity index (χ3n) is 8.92. The Morgan fingerprint density at radius 1 is 1.18 bits per heavy atom. The number of aromatic nitrogens is 1. The molecule has 0 unspecified atom stereocenters. The summed E-state index contributed by atoms with van der Waals surface area (Å²) in [5.74, 6) is 0.472. The zero-order chi connectivity index (χ0) is 23.3. The van der Waals surface area contributed by atoms with Gasteiger partial charge in [-0.1, -0.05) is 38.1 Å². The van der Waals surface area contributed by atoms with Gasteiger partial charge >= 0.3 is 0 Å². The summed E-state index contributed by atoms with van der Waals surface area (Å²) < 4.78 is 19.7. The second kappa shape index (κ2) is 8.30. The summed E-state index contributed by atoms with van der Waals surface area (Å²) in [4.78, 5) is 4.63. The van der Waals surface area contributed by atoms with Crippen LogP contribution in [0.25, 0.3) is 17.2 Å². The lowest BCUT2D eigenvalue weighted by molar-refractivity contribution is -0.149. The zero-order valence-corrected chi connectivity index (χ0v) is 19.9. The minimum Gasteiger partial charge on any atom is -0.392 e. The van der Waals surface area contributed by atoms with E-state index in [9.17, 15) is 9.50 Å². The molecule has 33 heavy (non-hydrogen) atoms. The Morgan fingerprint density at radius 2 is 2.00 bits per heavy atom. The average molecular weight is 451 g/mol. The second-order valence-corrected chi connectivity index (χ2v) is 10.9. The highest BCUT2D eigenvalue weighted by atomic mass is 19.1. The lowest BCUT2D eigenvalue weighted by Crippen LogP contribution is -2.61. The molecule has 6 atom stereocenters. The van der Waals surface area contributed by atoms with E-state index in [2.05, 4.69) is 36.3 Å². The molecule has 2 saturated carbocycles. The summed E-state index contributed by atoms with van der Waals surface area (Å²) in [6, 6.07) is 10.6. The quantitative estimate of drug-likeness (QED) is 0.624. The number of ether oxygens (including phenoxy) is 1. The summed E-state index contributed by atoms with van der Waals surface area (Å²) in [5.41, 5.74) is 2.49. The Balaban J connectivity index is 1.42. The van der Waals surface area contributed by atoms with E-state index < -0.39 is 0 Å². The first-order valence-corrected chi connectivity index (χ1v) is 12.2. The summed E-state index contributed by atoms with van der Waals surface area (Å²) in [6.45, 7) is 6.31. The van der Waals surface area contributed by atoms with Crippen molar-refractivity contribution in [1.82, 2.24) is 10.3 Å². The molecule has 2 heterocycles. The number of aliphatic hydroxyl groups is 1. The maximum absolute atomic E-state index is 13.6. The van der Waals surface area contributed by atoms with E-state index in [1.807, 2.05) is 31.4 Å². The normalized spacial score (nSPS) is 37.9. The highest BCUT2D eigenvalue weighted by Gasteiger charge is 2.66. The third kappa shape index (κ3) is 3.84. The van der Waals surface area contributed by atoms with Crippen LogP contribution in [0.4, 0.5) is 4.39 Å². The third-order valence-corrected chi connectivity index (χ3v) is 8.92. The number of hydrogen-bond acceptors (Lipinski definition) is 4. The first kappa shape index (κ1) is 22.7. The van der Waals surface area contributed by atoms with Crippen LogP contribution in [0.15, 0.2) is 48.7 Å². The van der Waals surface area contributed by atoms with Crippen LogP contribution < -0.4 is 5.32 Å². The van der Waals surface area contributed by atoms with Crippen LogP contribution in [0, 0.1) is 28.5 Å². The maximum Gasteiger partial charge on any atom is 0.123 e. The van der Waals surface area contributed by atoms with E-state index in [4.69, 9.17) is 4.74 Å². The molecular formula is C28H35FN2O2. The monoisotopic (exact) mass is 450 g/mol. The number of rotatable bonds is 5.